The minimum absolute atomic E-state index is 0. The van der Waals surface area contributed by atoms with Crippen molar-refractivity contribution in [2.45, 2.75) is 38.3 Å². The molecule has 1 saturated carbocycles. The molecule has 1 saturated heterocycles. The molecule has 0 radical (unpaired) electrons. The largest absolute Gasteiger partial charge is 1.00 e. The number of aliphatic carboxylic acids is 1. The van der Waals surface area contributed by atoms with E-state index >= 15 is 0 Å². The Morgan fingerprint density at radius 1 is 1.27 bits per heavy atom. The molecule has 6 nitrogen and oxygen atoms in total. The maximum atomic E-state index is 13.1. The number of benzene rings is 1. The number of nitrogens with one attached hydrogen (secondary N) is 1. The Kier molecular flexibility index (Phi) is 6.82. The van der Waals surface area contributed by atoms with E-state index in [1.165, 1.54) is 12.1 Å². The first-order valence-corrected chi connectivity index (χ1v) is 8.45. The second-order valence-electron chi connectivity index (χ2n) is 6.73. The number of carboxylic acids is 1. The van der Waals surface area contributed by atoms with Crippen LogP contribution in [0.5, 0.6) is 0 Å². The van der Waals surface area contributed by atoms with Gasteiger partial charge >= 0.3 is 29.6 Å². The summed E-state index contributed by atoms with van der Waals surface area (Å²) in [7, 11) is 0. The Labute approximate surface area is 173 Å². The zero-order chi connectivity index (χ0) is 18.1. The molecule has 1 aliphatic heterocycles. The first kappa shape index (κ1) is 20.9. The fourth-order valence-electron chi connectivity index (χ4n) is 3.36. The number of carbonyl (C=O) groups is 3. The normalized spacial score (nSPS) is 25.8. The topological polar surface area (TPSA) is 89.5 Å². The van der Waals surface area contributed by atoms with E-state index in [1.54, 1.807) is 17.0 Å². The van der Waals surface area contributed by atoms with Gasteiger partial charge in [-0.2, -0.15) is 0 Å². The Morgan fingerprint density at radius 2 is 1.92 bits per heavy atom. The summed E-state index contributed by atoms with van der Waals surface area (Å²) in [6.45, 7) is 2.43. The van der Waals surface area contributed by atoms with E-state index < -0.39 is 29.8 Å². The van der Waals surface area contributed by atoms with Gasteiger partial charge in [0, 0.05) is 24.3 Å². The molecule has 0 bridgehead atoms. The van der Waals surface area contributed by atoms with Crippen molar-refractivity contribution in [2.24, 2.45) is 11.8 Å². The quantitative estimate of drug-likeness (QED) is 0.575. The molecule has 0 aromatic heterocycles. The van der Waals surface area contributed by atoms with E-state index in [-0.39, 0.29) is 53.7 Å². The molecule has 0 spiro atoms. The van der Waals surface area contributed by atoms with Crippen LogP contribution in [0.4, 0.5) is 4.39 Å². The van der Waals surface area contributed by atoms with Crippen LogP contribution in [0.3, 0.4) is 0 Å². The number of hydrogen-bond acceptors (Lipinski definition) is 4. The molecule has 2 unspecified atom stereocenters. The van der Waals surface area contributed by atoms with E-state index in [9.17, 15) is 23.9 Å². The molecule has 2 amide bonds. The van der Waals surface area contributed by atoms with Gasteiger partial charge in [-0.1, -0.05) is 12.1 Å². The summed E-state index contributed by atoms with van der Waals surface area (Å²) >= 11 is 0. The van der Waals surface area contributed by atoms with E-state index in [0.29, 0.717) is 13.0 Å². The van der Waals surface area contributed by atoms with Crippen molar-refractivity contribution in [3.05, 3.63) is 35.6 Å². The van der Waals surface area contributed by atoms with Gasteiger partial charge in [0.2, 0.25) is 11.8 Å². The summed E-state index contributed by atoms with van der Waals surface area (Å²) in [4.78, 5) is 37.2. The van der Waals surface area contributed by atoms with Crippen molar-refractivity contribution in [3.8, 4) is 0 Å². The first-order valence-electron chi connectivity index (χ1n) is 8.45. The van der Waals surface area contributed by atoms with Gasteiger partial charge in [0.25, 0.3) is 0 Å². The van der Waals surface area contributed by atoms with Crippen LogP contribution < -0.4 is 40.0 Å². The average Bonchev–Trinajstić information content (AvgIpc) is 3.38. The second kappa shape index (κ2) is 8.50. The number of nitrogens with zero attached hydrogens (tertiary/aromatic N) is 1. The maximum Gasteiger partial charge on any atom is 1.00 e. The fourth-order valence-corrected chi connectivity index (χ4v) is 3.36. The zero-order valence-corrected chi connectivity index (χ0v) is 16.9. The van der Waals surface area contributed by atoms with Crippen molar-refractivity contribution in [3.63, 3.8) is 0 Å². The predicted octanol–water partition coefficient (Wildman–Crippen LogP) is -2.62. The number of carbonyl (C=O) groups excluding carboxylic acids is 3. The van der Waals surface area contributed by atoms with Gasteiger partial charge in [-0.25, -0.2) is 4.39 Å². The van der Waals surface area contributed by atoms with Gasteiger partial charge in [-0.15, -0.1) is 0 Å². The molecule has 26 heavy (non-hydrogen) atoms. The van der Waals surface area contributed by atoms with Gasteiger partial charge in [-0.05, 0) is 43.9 Å². The molecule has 8 heteroatoms. The fraction of sp³-hybridized carbons (Fsp3) is 0.500. The summed E-state index contributed by atoms with van der Waals surface area (Å²) < 4.78 is 13.1. The molecular formula is C18H20FN2NaO4. The molecule has 1 N–H and O–H groups in total. The molecule has 2 fully saturated rings. The number of hydrogen-bond donors (Lipinski definition) is 1. The van der Waals surface area contributed by atoms with E-state index in [0.717, 1.165) is 12.0 Å². The number of piperidine rings is 1. The van der Waals surface area contributed by atoms with Gasteiger partial charge in [0.15, 0.2) is 0 Å². The van der Waals surface area contributed by atoms with Crippen molar-refractivity contribution in [1.29, 1.82) is 0 Å². The minimum Gasteiger partial charge on any atom is -0.550 e. The van der Waals surface area contributed by atoms with Gasteiger partial charge in [0.05, 0.1) is 6.04 Å². The van der Waals surface area contributed by atoms with Crippen molar-refractivity contribution in [1.82, 2.24) is 10.2 Å². The Morgan fingerprint density at radius 3 is 2.50 bits per heavy atom. The zero-order valence-electron chi connectivity index (χ0n) is 14.9. The summed E-state index contributed by atoms with van der Waals surface area (Å²) in [6, 6.07) is 5.12. The predicted molar refractivity (Wildman–Crippen MR) is 84.3 cm³/mol. The summed E-state index contributed by atoms with van der Waals surface area (Å²) in [5.41, 5.74) is 0.820. The van der Waals surface area contributed by atoms with Gasteiger partial charge < -0.3 is 20.1 Å². The van der Waals surface area contributed by atoms with Crippen LogP contribution in [0.1, 0.15) is 37.8 Å². The van der Waals surface area contributed by atoms with Crippen molar-refractivity contribution >= 4 is 17.8 Å². The van der Waals surface area contributed by atoms with Crippen LogP contribution in [0.25, 0.3) is 0 Å². The Hall–Kier alpha value is -1.44. The Balaban J connectivity index is 0.00000243. The monoisotopic (exact) mass is 370 g/mol. The Bertz CT molecular complexity index is 697. The molecule has 4 atom stereocenters. The summed E-state index contributed by atoms with van der Waals surface area (Å²) in [6.07, 6.45) is 1.53. The molecule has 1 aromatic rings. The summed E-state index contributed by atoms with van der Waals surface area (Å²) in [5, 5.41) is 13.4. The first-order chi connectivity index (χ1) is 11.9. The van der Waals surface area contributed by atoms with E-state index in [2.05, 4.69) is 5.32 Å². The van der Waals surface area contributed by atoms with Crippen LogP contribution in [0, 0.1) is 17.7 Å². The van der Waals surface area contributed by atoms with Crippen LogP contribution in [-0.4, -0.2) is 35.3 Å². The third kappa shape index (κ3) is 4.45. The standard InChI is InChI=1S/C18H21FN2O4.Na/c1-10(11-4-6-12(19)7-5-11)21-8-2-3-15(17(21)23)20-16(22)13-9-14(13)18(24)25;/h4-7,10,13-15H,2-3,8-9H2,1H3,(H,20,22)(H,24,25);/q;+1/p-1/t10?,13-,14+,15?;/m1./s1. The number of carboxylic acid groups (broad SMARTS) is 1. The third-order valence-corrected chi connectivity index (χ3v) is 5.04. The van der Waals surface area contributed by atoms with Crippen molar-refractivity contribution < 1.29 is 53.4 Å². The smallest absolute Gasteiger partial charge is 0.550 e. The minimum atomic E-state index is -1.22. The number of likely N-dealkylation sites (tertiary alicyclic amines) is 1. The van der Waals surface area contributed by atoms with E-state index in [1.807, 2.05) is 6.92 Å². The molecule has 134 valence electrons. The van der Waals surface area contributed by atoms with E-state index in [4.69, 9.17) is 0 Å². The molecule has 1 aromatic carbocycles. The van der Waals surface area contributed by atoms with Crippen molar-refractivity contribution in [2.75, 3.05) is 6.54 Å². The third-order valence-electron chi connectivity index (χ3n) is 5.04. The molecular weight excluding hydrogens is 350 g/mol. The molecule has 1 heterocycles. The van der Waals surface area contributed by atoms with Gasteiger partial charge in [-0.3, -0.25) is 9.59 Å². The number of halogens is 1. The number of amides is 2. The maximum absolute atomic E-state index is 13.1. The summed E-state index contributed by atoms with van der Waals surface area (Å²) in [5.74, 6) is -3.49. The second-order valence-corrected chi connectivity index (χ2v) is 6.73. The van der Waals surface area contributed by atoms with Crippen LogP contribution in [0.2, 0.25) is 0 Å². The van der Waals surface area contributed by atoms with Gasteiger partial charge in [0.1, 0.15) is 11.9 Å². The molecule has 3 rings (SSSR count). The average molecular weight is 370 g/mol. The van der Waals surface area contributed by atoms with Crippen LogP contribution in [-0.2, 0) is 14.4 Å². The SMILES string of the molecule is CC(c1ccc(F)cc1)N1CCCC(NC(=O)[C@@H]2C[C@@H]2C(=O)[O-])C1=O.[Na+]. The van der Waals surface area contributed by atoms with Crippen LogP contribution in [0.15, 0.2) is 24.3 Å². The molecule has 2 aliphatic rings. The number of rotatable bonds is 5. The van der Waals surface area contributed by atoms with Crippen LogP contribution >= 0.6 is 0 Å². The molecule has 1 aliphatic carbocycles.